The second-order valence-corrected chi connectivity index (χ2v) is 8.63. The van der Waals surface area contributed by atoms with Crippen molar-refractivity contribution in [3.05, 3.63) is 11.9 Å². The highest BCUT2D eigenvalue weighted by Gasteiger charge is 2.38. The van der Waals surface area contributed by atoms with Crippen molar-refractivity contribution in [3.63, 3.8) is 0 Å². The first-order valence-corrected chi connectivity index (χ1v) is 9.87. The third kappa shape index (κ3) is 3.27. The summed E-state index contributed by atoms with van der Waals surface area (Å²) >= 11 is 0. The first kappa shape index (κ1) is 17.2. The molecule has 1 amide bonds. The summed E-state index contributed by atoms with van der Waals surface area (Å²) < 4.78 is 30.5. The second-order valence-electron chi connectivity index (χ2n) is 6.96. The fourth-order valence-corrected chi connectivity index (χ4v) is 5.23. The van der Waals surface area contributed by atoms with Crippen molar-refractivity contribution in [2.75, 3.05) is 17.8 Å². The number of hydrogen-bond acceptors (Lipinski definition) is 4. The van der Waals surface area contributed by atoms with Crippen molar-refractivity contribution in [2.24, 2.45) is 18.2 Å². The standard InChI is InChI=1S/C15H25N5O3S/c1-19-13(14(16)21)12(11-17-19)18-24(22,23)20-9-7-15(8-10-20)5-3-2-4-6-15/h11,18H,2-10H2,1H3,(H2,16,21). The van der Waals surface area contributed by atoms with Gasteiger partial charge in [-0.3, -0.25) is 14.2 Å². The van der Waals surface area contributed by atoms with Gasteiger partial charge in [-0.05, 0) is 31.1 Å². The number of primary amides is 1. The molecular weight excluding hydrogens is 330 g/mol. The van der Waals surface area contributed by atoms with E-state index in [0.717, 1.165) is 12.8 Å². The van der Waals surface area contributed by atoms with Gasteiger partial charge < -0.3 is 5.73 Å². The molecule has 0 radical (unpaired) electrons. The van der Waals surface area contributed by atoms with Crippen LogP contribution in [0.1, 0.15) is 55.4 Å². The molecule has 0 aromatic carbocycles. The number of rotatable bonds is 4. The van der Waals surface area contributed by atoms with Crippen molar-refractivity contribution in [2.45, 2.75) is 44.9 Å². The molecule has 1 aliphatic carbocycles. The normalized spacial score (nSPS) is 21.7. The number of nitrogens with two attached hydrogens (primary N) is 1. The van der Waals surface area contributed by atoms with Crippen LogP contribution in [0.3, 0.4) is 0 Å². The number of carbonyl (C=O) groups is 1. The zero-order chi connectivity index (χ0) is 17.4. The Hall–Kier alpha value is -1.61. The Morgan fingerprint density at radius 3 is 2.42 bits per heavy atom. The molecule has 1 spiro atoms. The van der Waals surface area contributed by atoms with Crippen LogP contribution >= 0.6 is 0 Å². The van der Waals surface area contributed by atoms with E-state index in [1.807, 2.05) is 0 Å². The molecule has 1 saturated carbocycles. The molecule has 2 aliphatic rings. The summed E-state index contributed by atoms with van der Waals surface area (Å²) in [5.74, 6) is -0.715. The van der Waals surface area contributed by atoms with Gasteiger partial charge in [-0.25, -0.2) is 0 Å². The summed E-state index contributed by atoms with van der Waals surface area (Å²) in [7, 11) is -2.16. The summed E-state index contributed by atoms with van der Waals surface area (Å²) in [6.07, 6.45) is 9.34. The van der Waals surface area contributed by atoms with Gasteiger partial charge in [-0.15, -0.1) is 0 Å². The molecule has 9 heteroatoms. The average molecular weight is 355 g/mol. The predicted octanol–water partition coefficient (Wildman–Crippen LogP) is 1.22. The fraction of sp³-hybridized carbons (Fsp3) is 0.733. The number of amides is 1. The maximum Gasteiger partial charge on any atom is 0.301 e. The van der Waals surface area contributed by atoms with E-state index in [2.05, 4.69) is 9.82 Å². The number of hydrogen-bond donors (Lipinski definition) is 2. The zero-order valence-electron chi connectivity index (χ0n) is 14.0. The molecule has 3 rings (SSSR count). The lowest BCUT2D eigenvalue weighted by atomic mass is 9.68. The van der Waals surface area contributed by atoms with Gasteiger partial charge in [-0.2, -0.15) is 17.8 Å². The Balaban J connectivity index is 1.70. The molecule has 8 nitrogen and oxygen atoms in total. The quantitative estimate of drug-likeness (QED) is 0.846. The van der Waals surface area contributed by atoms with Gasteiger partial charge in [-0.1, -0.05) is 19.3 Å². The highest BCUT2D eigenvalue weighted by Crippen LogP contribution is 2.44. The molecule has 3 N–H and O–H groups in total. The first-order valence-electron chi connectivity index (χ1n) is 8.43. The third-order valence-electron chi connectivity index (χ3n) is 5.45. The van der Waals surface area contributed by atoms with Gasteiger partial charge in [0.05, 0.1) is 6.20 Å². The zero-order valence-corrected chi connectivity index (χ0v) is 14.8. The minimum Gasteiger partial charge on any atom is -0.364 e. The number of aryl methyl sites for hydroxylation is 1. The Bertz CT molecular complexity index is 711. The van der Waals surface area contributed by atoms with E-state index in [1.165, 1.54) is 47.3 Å². The molecule has 0 unspecified atom stereocenters. The first-order chi connectivity index (χ1) is 11.3. The van der Waals surface area contributed by atoms with Crippen LogP contribution in [-0.2, 0) is 17.3 Å². The van der Waals surface area contributed by atoms with E-state index >= 15 is 0 Å². The maximum absolute atomic E-state index is 12.6. The maximum atomic E-state index is 12.6. The van der Waals surface area contributed by atoms with Gasteiger partial charge >= 0.3 is 10.2 Å². The van der Waals surface area contributed by atoms with Crippen LogP contribution in [0.5, 0.6) is 0 Å². The van der Waals surface area contributed by atoms with Crippen LogP contribution in [0.4, 0.5) is 5.69 Å². The topological polar surface area (TPSA) is 110 Å². The fourth-order valence-electron chi connectivity index (χ4n) is 4.01. The number of aromatic nitrogens is 2. The van der Waals surface area contributed by atoms with E-state index < -0.39 is 16.1 Å². The van der Waals surface area contributed by atoms with Crippen molar-refractivity contribution in [1.82, 2.24) is 14.1 Å². The van der Waals surface area contributed by atoms with E-state index in [9.17, 15) is 13.2 Å². The molecule has 24 heavy (non-hydrogen) atoms. The van der Waals surface area contributed by atoms with Gasteiger partial charge in [0.15, 0.2) is 0 Å². The number of anilines is 1. The van der Waals surface area contributed by atoms with Crippen molar-refractivity contribution >= 4 is 21.8 Å². The molecule has 0 bridgehead atoms. The van der Waals surface area contributed by atoms with Crippen LogP contribution in [0, 0.1) is 5.41 Å². The molecule has 1 aromatic rings. The molecule has 1 aromatic heterocycles. The summed E-state index contributed by atoms with van der Waals surface area (Å²) in [5, 5.41) is 3.91. The molecule has 2 heterocycles. The van der Waals surface area contributed by atoms with Crippen molar-refractivity contribution < 1.29 is 13.2 Å². The third-order valence-corrected chi connectivity index (χ3v) is 6.97. The number of nitrogens with zero attached hydrogens (tertiary/aromatic N) is 3. The van der Waals surface area contributed by atoms with Crippen LogP contribution in [0.15, 0.2) is 6.20 Å². The van der Waals surface area contributed by atoms with E-state index in [0.29, 0.717) is 18.5 Å². The summed E-state index contributed by atoms with van der Waals surface area (Å²) in [6, 6.07) is 0. The molecular formula is C15H25N5O3S. The largest absolute Gasteiger partial charge is 0.364 e. The second kappa shape index (κ2) is 6.36. The highest BCUT2D eigenvalue weighted by molar-refractivity contribution is 7.90. The lowest BCUT2D eigenvalue weighted by Gasteiger charge is -2.43. The van der Waals surface area contributed by atoms with Crippen LogP contribution in [0.25, 0.3) is 0 Å². The molecule has 2 fully saturated rings. The summed E-state index contributed by atoms with van der Waals surface area (Å²) in [6.45, 7) is 1.03. The highest BCUT2D eigenvalue weighted by atomic mass is 32.2. The minimum atomic E-state index is -3.71. The lowest BCUT2D eigenvalue weighted by Crippen LogP contribution is -2.46. The molecule has 0 atom stereocenters. The van der Waals surface area contributed by atoms with Crippen LogP contribution in [-0.4, -0.2) is 41.5 Å². The molecule has 1 saturated heterocycles. The van der Waals surface area contributed by atoms with Gasteiger partial charge in [0, 0.05) is 20.1 Å². The van der Waals surface area contributed by atoms with E-state index in [-0.39, 0.29) is 11.4 Å². The predicted molar refractivity (Wildman–Crippen MR) is 90.6 cm³/mol. The SMILES string of the molecule is Cn1ncc(NS(=O)(=O)N2CCC3(CCCCC3)CC2)c1C(N)=O. The molecule has 134 valence electrons. The summed E-state index contributed by atoms with van der Waals surface area (Å²) in [5.41, 5.74) is 5.82. The van der Waals surface area contributed by atoms with Crippen molar-refractivity contribution in [1.29, 1.82) is 0 Å². The number of piperidine rings is 1. The van der Waals surface area contributed by atoms with Crippen molar-refractivity contribution in [3.8, 4) is 0 Å². The van der Waals surface area contributed by atoms with E-state index in [4.69, 9.17) is 5.73 Å². The van der Waals surface area contributed by atoms with Gasteiger partial charge in [0.25, 0.3) is 5.91 Å². The smallest absolute Gasteiger partial charge is 0.301 e. The molecule has 1 aliphatic heterocycles. The van der Waals surface area contributed by atoms with E-state index in [1.54, 1.807) is 7.05 Å². The van der Waals surface area contributed by atoms with Gasteiger partial charge in [0.2, 0.25) is 0 Å². The monoisotopic (exact) mass is 355 g/mol. The Morgan fingerprint density at radius 1 is 1.21 bits per heavy atom. The van der Waals surface area contributed by atoms with Crippen LogP contribution in [0.2, 0.25) is 0 Å². The average Bonchev–Trinajstić information content (AvgIpc) is 2.88. The Morgan fingerprint density at radius 2 is 1.83 bits per heavy atom. The number of nitrogens with one attached hydrogen (secondary N) is 1. The summed E-state index contributed by atoms with van der Waals surface area (Å²) in [4.78, 5) is 11.5. The van der Waals surface area contributed by atoms with Crippen LogP contribution < -0.4 is 10.5 Å². The Kier molecular flexibility index (Phi) is 4.56. The number of carbonyl (C=O) groups excluding carboxylic acids is 1. The lowest BCUT2D eigenvalue weighted by molar-refractivity contribution is 0.0992. The van der Waals surface area contributed by atoms with Gasteiger partial charge in [0.1, 0.15) is 11.4 Å². The minimum absolute atomic E-state index is 0.0549. The Labute approximate surface area is 142 Å².